The highest BCUT2D eigenvalue weighted by Crippen LogP contribution is 2.20. The van der Waals surface area contributed by atoms with Gasteiger partial charge in [-0.15, -0.1) is 0 Å². The first kappa shape index (κ1) is 14.0. The van der Waals surface area contributed by atoms with Crippen LogP contribution in [-0.4, -0.2) is 24.1 Å². The maximum absolute atomic E-state index is 11.4. The van der Waals surface area contributed by atoms with Crippen molar-refractivity contribution in [3.8, 4) is 5.75 Å². The van der Waals surface area contributed by atoms with Crippen molar-refractivity contribution in [1.29, 1.82) is 0 Å². The highest BCUT2D eigenvalue weighted by Gasteiger charge is 2.14. The molecule has 0 aliphatic carbocycles. The molecule has 1 aromatic carbocycles. The molecule has 0 aliphatic rings. The summed E-state index contributed by atoms with van der Waals surface area (Å²) in [6.07, 6.45) is 0.185. The van der Waals surface area contributed by atoms with E-state index in [-0.39, 0.29) is 6.04 Å². The summed E-state index contributed by atoms with van der Waals surface area (Å²) in [4.78, 5) is 21.8. The van der Waals surface area contributed by atoms with Crippen LogP contribution < -0.4 is 10.1 Å². The standard InChI is InChI=1S/C13H17NO4/c1-3-11(14-12(15)8-13(16)17)9-4-6-10(18-2)7-5-9/h4-7,11H,3,8H2,1-2H3,(H,14,15)(H,16,17). The molecule has 0 bridgehead atoms. The van der Waals surface area contributed by atoms with E-state index in [9.17, 15) is 9.59 Å². The summed E-state index contributed by atoms with van der Waals surface area (Å²) in [7, 11) is 1.58. The van der Waals surface area contributed by atoms with E-state index in [4.69, 9.17) is 9.84 Å². The molecule has 0 fully saturated rings. The third kappa shape index (κ3) is 4.08. The van der Waals surface area contributed by atoms with Crippen LogP contribution in [0.1, 0.15) is 31.4 Å². The molecular formula is C13H17NO4. The molecule has 0 aliphatic heterocycles. The van der Waals surface area contributed by atoms with Crippen molar-refractivity contribution in [2.45, 2.75) is 25.8 Å². The normalized spacial score (nSPS) is 11.7. The lowest BCUT2D eigenvalue weighted by molar-refractivity contribution is -0.140. The van der Waals surface area contributed by atoms with Crippen LogP contribution in [0.5, 0.6) is 5.75 Å². The van der Waals surface area contributed by atoms with Gasteiger partial charge in [0.25, 0.3) is 0 Å². The summed E-state index contributed by atoms with van der Waals surface area (Å²) >= 11 is 0. The topological polar surface area (TPSA) is 75.6 Å². The largest absolute Gasteiger partial charge is 0.497 e. The Morgan fingerprint density at radius 2 is 1.94 bits per heavy atom. The maximum atomic E-state index is 11.4. The van der Waals surface area contributed by atoms with Crippen molar-refractivity contribution in [3.05, 3.63) is 29.8 Å². The van der Waals surface area contributed by atoms with Gasteiger partial charge in [0, 0.05) is 0 Å². The molecule has 5 heteroatoms. The zero-order chi connectivity index (χ0) is 13.5. The molecule has 0 heterocycles. The second kappa shape index (κ2) is 6.64. The number of aliphatic carboxylic acids is 1. The second-order valence-electron chi connectivity index (χ2n) is 3.87. The molecule has 1 rings (SSSR count). The van der Waals surface area contributed by atoms with E-state index in [1.54, 1.807) is 19.2 Å². The molecule has 98 valence electrons. The highest BCUT2D eigenvalue weighted by molar-refractivity contribution is 5.93. The van der Waals surface area contributed by atoms with Crippen molar-refractivity contribution < 1.29 is 19.4 Å². The van der Waals surface area contributed by atoms with Crippen LogP contribution in [0.15, 0.2) is 24.3 Å². The average molecular weight is 251 g/mol. The third-order valence-electron chi connectivity index (χ3n) is 2.57. The summed E-state index contributed by atoms with van der Waals surface area (Å²) in [6.45, 7) is 1.93. The van der Waals surface area contributed by atoms with Gasteiger partial charge in [-0.05, 0) is 24.1 Å². The Morgan fingerprint density at radius 1 is 1.33 bits per heavy atom. The van der Waals surface area contributed by atoms with Crippen LogP contribution in [0.25, 0.3) is 0 Å². The first-order chi connectivity index (χ1) is 8.56. The monoisotopic (exact) mass is 251 g/mol. The summed E-state index contributed by atoms with van der Waals surface area (Å²) in [5.74, 6) is -0.868. The molecule has 0 saturated carbocycles. The first-order valence-electron chi connectivity index (χ1n) is 5.72. The van der Waals surface area contributed by atoms with E-state index in [0.717, 1.165) is 11.3 Å². The summed E-state index contributed by atoms with van der Waals surface area (Å²) in [5.41, 5.74) is 0.928. The van der Waals surface area contributed by atoms with Gasteiger partial charge in [-0.3, -0.25) is 9.59 Å². The van der Waals surface area contributed by atoms with Crippen molar-refractivity contribution in [3.63, 3.8) is 0 Å². The number of hydrogen-bond acceptors (Lipinski definition) is 3. The van der Waals surface area contributed by atoms with Gasteiger partial charge in [0.1, 0.15) is 12.2 Å². The van der Waals surface area contributed by atoms with E-state index in [1.807, 2.05) is 19.1 Å². The Hall–Kier alpha value is -2.04. The first-order valence-corrected chi connectivity index (χ1v) is 5.72. The van der Waals surface area contributed by atoms with Crippen LogP contribution >= 0.6 is 0 Å². The van der Waals surface area contributed by atoms with Crippen molar-refractivity contribution in [1.82, 2.24) is 5.32 Å². The fraction of sp³-hybridized carbons (Fsp3) is 0.385. The number of hydrogen-bond donors (Lipinski definition) is 2. The predicted molar refractivity (Wildman–Crippen MR) is 66.4 cm³/mol. The summed E-state index contributed by atoms with van der Waals surface area (Å²) in [5, 5.41) is 11.2. The quantitative estimate of drug-likeness (QED) is 0.755. The molecule has 1 unspecified atom stereocenters. The molecule has 18 heavy (non-hydrogen) atoms. The van der Waals surface area contributed by atoms with E-state index in [0.29, 0.717) is 6.42 Å². The molecule has 0 radical (unpaired) electrons. The zero-order valence-corrected chi connectivity index (χ0v) is 10.5. The Kier molecular flexibility index (Phi) is 5.17. The molecule has 2 N–H and O–H groups in total. The minimum Gasteiger partial charge on any atom is -0.497 e. The van der Waals surface area contributed by atoms with E-state index in [1.165, 1.54) is 0 Å². The van der Waals surface area contributed by atoms with Gasteiger partial charge >= 0.3 is 5.97 Å². The predicted octanol–water partition coefficient (Wildman–Crippen LogP) is 1.74. The Labute approximate surface area is 106 Å². The Morgan fingerprint density at radius 3 is 2.39 bits per heavy atom. The Bertz CT molecular complexity index is 414. The van der Waals surface area contributed by atoms with E-state index < -0.39 is 18.3 Å². The fourth-order valence-corrected chi connectivity index (χ4v) is 1.64. The lowest BCUT2D eigenvalue weighted by Crippen LogP contribution is -2.29. The van der Waals surface area contributed by atoms with Crippen LogP contribution in [0.2, 0.25) is 0 Å². The number of methoxy groups -OCH3 is 1. The summed E-state index contributed by atoms with van der Waals surface area (Å²) < 4.78 is 5.05. The molecule has 0 saturated heterocycles. The van der Waals surface area contributed by atoms with Crippen molar-refractivity contribution >= 4 is 11.9 Å². The smallest absolute Gasteiger partial charge is 0.312 e. The van der Waals surface area contributed by atoms with Gasteiger partial charge in [0.2, 0.25) is 5.91 Å². The number of amides is 1. The number of ether oxygens (including phenoxy) is 1. The van der Waals surface area contributed by atoms with Crippen LogP contribution in [0, 0.1) is 0 Å². The number of nitrogens with one attached hydrogen (secondary N) is 1. The molecule has 0 aromatic heterocycles. The number of benzene rings is 1. The SMILES string of the molecule is CCC(NC(=O)CC(=O)O)c1ccc(OC)cc1. The molecule has 5 nitrogen and oxygen atoms in total. The average Bonchev–Trinajstić information content (AvgIpc) is 2.35. The number of carbonyl (C=O) groups excluding carboxylic acids is 1. The van der Waals surface area contributed by atoms with Gasteiger partial charge < -0.3 is 15.2 Å². The van der Waals surface area contributed by atoms with Crippen molar-refractivity contribution in [2.24, 2.45) is 0 Å². The Balaban J connectivity index is 2.70. The third-order valence-corrected chi connectivity index (χ3v) is 2.57. The maximum Gasteiger partial charge on any atom is 0.312 e. The number of carboxylic acids is 1. The number of carboxylic acid groups (broad SMARTS) is 1. The molecule has 1 atom stereocenters. The molecule has 0 spiro atoms. The lowest BCUT2D eigenvalue weighted by atomic mass is 10.0. The van der Waals surface area contributed by atoms with Gasteiger partial charge in [0.05, 0.1) is 13.2 Å². The fourth-order valence-electron chi connectivity index (χ4n) is 1.64. The minimum atomic E-state index is -1.13. The number of rotatable bonds is 6. The van der Waals surface area contributed by atoms with Crippen molar-refractivity contribution in [2.75, 3.05) is 7.11 Å². The summed E-state index contributed by atoms with van der Waals surface area (Å²) in [6, 6.07) is 7.15. The van der Waals surface area contributed by atoms with Gasteiger partial charge in [-0.2, -0.15) is 0 Å². The zero-order valence-electron chi connectivity index (χ0n) is 10.5. The highest BCUT2D eigenvalue weighted by atomic mass is 16.5. The van der Waals surface area contributed by atoms with Crippen LogP contribution in [0.4, 0.5) is 0 Å². The van der Waals surface area contributed by atoms with Crippen LogP contribution in [-0.2, 0) is 9.59 Å². The molecule has 1 aromatic rings. The van der Waals surface area contributed by atoms with Gasteiger partial charge in [0.15, 0.2) is 0 Å². The number of carbonyl (C=O) groups is 2. The minimum absolute atomic E-state index is 0.178. The van der Waals surface area contributed by atoms with E-state index >= 15 is 0 Å². The lowest BCUT2D eigenvalue weighted by Gasteiger charge is -2.17. The molecular weight excluding hydrogens is 234 g/mol. The van der Waals surface area contributed by atoms with Crippen LogP contribution in [0.3, 0.4) is 0 Å². The van der Waals surface area contributed by atoms with E-state index in [2.05, 4.69) is 5.32 Å². The second-order valence-corrected chi connectivity index (χ2v) is 3.87. The van der Waals surface area contributed by atoms with Gasteiger partial charge in [-0.1, -0.05) is 19.1 Å². The molecule has 1 amide bonds. The van der Waals surface area contributed by atoms with Gasteiger partial charge in [-0.25, -0.2) is 0 Å².